The molecule has 7 heteroatoms. The van der Waals surface area contributed by atoms with Crippen LogP contribution in [0.3, 0.4) is 0 Å². The van der Waals surface area contributed by atoms with Gasteiger partial charge >= 0.3 is 0 Å². The minimum absolute atomic E-state index is 0.0283. The van der Waals surface area contributed by atoms with E-state index in [4.69, 9.17) is 17.0 Å². The summed E-state index contributed by atoms with van der Waals surface area (Å²) >= 11 is 6.70. The number of hydrogen-bond donors (Lipinski definition) is 0. The van der Waals surface area contributed by atoms with Crippen molar-refractivity contribution < 1.29 is 14.3 Å². The Morgan fingerprint density at radius 3 is 2.48 bits per heavy atom. The van der Waals surface area contributed by atoms with Gasteiger partial charge in [-0.25, -0.2) is 0 Å². The fraction of sp³-hybridized carbons (Fsp3) is 0.292. The van der Waals surface area contributed by atoms with Gasteiger partial charge in [-0.1, -0.05) is 61.2 Å². The van der Waals surface area contributed by atoms with E-state index in [1.54, 1.807) is 4.90 Å². The van der Waals surface area contributed by atoms with E-state index in [0.717, 1.165) is 37.2 Å². The fourth-order valence-corrected chi connectivity index (χ4v) is 4.87. The Kier molecular flexibility index (Phi) is 6.73. The average molecular weight is 453 g/mol. The van der Waals surface area contributed by atoms with Crippen LogP contribution in [0.1, 0.15) is 25.3 Å². The summed E-state index contributed by atoms with van der Waals surface area (Å²) in [5.74, 6) is 1.22. The number of ether oxygens (including phenoxy) is 1. The number of hydrogen-bond acceptors (Lipinski definition) is 5. The second-order valence-electron chi connectivity index (χ2n) is 7.77. The second kappa shape index (κ2) is 9.66. The largest absolute Gasteiger partial charge is 0.484 e. The normalized spacial score (nSPS) is 18.7. The molecule has 2 saturated heterocycles. The first-order valence-electron chi connectivity index (χ1n) is 10.3. The molecule has 0 atom stereocenters. The highest BCUT2D eigenvalue weighted by Crippen LogP contribution is 2.36. The second-order valence-corrected chi connectivity index (χ2v) is 9.45. The van der Waals surface area contributed by atoms with Crippen LogP contribution in [0.5, 0.6) is 5.75 Å². The number of anilines is 1. The molecule has 0 aromatic heterocycles. The number of carbonyl (C=O) groups is 2. The average Bonchev–Trinajstić information content (AvgIpc) is 3.07. The van der Waals surface area contributed by atoms with E-state index < -0.39 is 0 Å². The van der Waals surface area contributed by atoms with Crippen LogP contribution in [0.25, 0.3) is 6.08 Å². The molecule has 2 amide bonds. The van der Waals surface area contributed by atoms with Crippen molar-refractivity contribution in [2.75, 3.05) is 24.6 Å². The van der Waals surface area contributed by atoms with E-state index in [2.05, 4.69) is 6.92 Å². The quantitative estimate of drug-likeness (QED) is 0.485. The number of piperidine rings is 1. The molecular formula is C24H24N2O3S2. The van der Waals surface area contributed by atoms with E-state index in [1.165, 1.54) is 11.8 Å². The van der Waals surface area contributed by atoms with E-state index >= 15 is 0 Å². The lowest BCUT2D eigenvalue weighted by atomic mass is 9.99. The Labute approximate surface area is 192 Å². The van der Waals surface area contributed by atoms with Gasteiger partial charge in [0.05, 0.1) is 10.6 Å². The Hall–Kier alpha value is -2.64. The number of thiocarbonyl (C=S) groups is 1. The molecule has 0 N–H and O–H groups in total. The van der Waals surface area contributed by atoms with E-state index in [-0.39, 0.29) is 18.4 Å². The summed E-state index contributed by atoms with van der Waals surface area (Å²) in [5, 5.41) is 0. The molecular weight excluding hydrogens is 428 g/mol. The molecule has 0 radical (unpaired) electrons. The Morgan fingerprint density at radius 1 is 1.13 bits per heavy atom. The lowest BCUT2D eigenvalue weighted by Gasteiger charge is -2.30. The third-order valence-electron chi connectivity index (χ3n) is 5.48. The highest BCUT2D eigenvalue weighted by Gasteiger charge is 2.33. The Bertz CT molecular complexity index is 997. The molecule has 2 heterocycles. The Morgan fingerprint density at radius 2 is 1.81 bits per heavy atom. The van der Waals surface area contributed by atoms with Crippen molar-refractivity contribution >= 4 is 51.9 Å². The number of benzene rings is 2. The van der Waals surface area contributed by atoms with Gasteiger partial charge in [0.2, 0.25) is 0 Å². The molecule has 0 spiro atoms. The third kappa shape index (κ3) is 5.17. The van der Waals surface area contributed by atoms with Crippen LogP contribution in [0.4, 0.5) is 5.69 Å². The minimum Gasteiger partial charge on any atom is -0.484 e. The molecule has 2 aliphatic heterocycles. The lowest BCUT2D eigenvalue weighted by Crippen LogP contribution is -2.40. The molecule has 2 fully saturated rings. The summed E-state index contributed by atoms with van der Waals surface area (Å²) in [7, 11) is 0. The number of para-hydroxylation sites is 1. The highest BCUT2D eigenvalue weighted by atomic mass is 32.2. The van der Waals surface area contributed by atoms with Gasteiger partial charge in [0.15, 0.2) is 10.9 Å². The Balaban J connectivity index is 1.36. The molecule has 2 aromatic rings. The van der Waals surface area contributed by atoms with Gasteiger partial charge in [0, 0.05) is 13.1 Å². The van der Waals surface area contributed by atoms with Crippen molar-refractivity contribution in [2.24, 2.45) is 5.92 Å². The predicted octanol–water partition coefficient (Wildman–Crippen LogP) is 4.73. The molecule has 2 aliphatic rings. The summed E-state index contributed by atoms with van der Waals surface area (Å²) in [6.45, 7) is 3.88. The highest BCUT2D eigenvalue weighted by molar-refractivity contribution is 8.27. The van der Waals surface area contributed by atoms with E-state index in [9.17, 15) is 9.59 Å². The maximum absolute atomic E-state index is 12.8. The maximum atomic E-state index is 12.8. The first-order chi connectivity index (χ1) is 15.0. The van der Waals surface area contributed by atoms with Crippen LogP contribution in [-0.2, 0) is 9.59 Å². The first kappa shape index (κ1) is 21.6. The number of carbonyl (C=O) groups excluding carboxylic acids is 2. The SMILES string of the molecule is CC1CCN(C(=O)COc2ccc(/C=C3\SC(=S)N(c4ccccc4)C3=O)cc2)CC1. The van der Waals surface area contributed by atoms with Crippen molar-refractivity contribution in [1.29, 1.82) is 0 Å². The van der Waals surface area contributed by atoms with Crippen LogP contribution in [0.15, 0.2) is 59.5 Å². The van der Waals surface area contributed by atoms with E-state index in [0.29, 0.717) is 20.9 Å². The molecule has 0 aliphatic carbocycles. The number of amides is 2. The van der Waals surface area contributed by atoms with Gasteiger partial charge in [0.1, 0.15) is 5.75 Å². The zero-order valence-corrected chi connectivity index (χ0v) is 19.0. The summed E-state index contributed by atoms with van der Waals surface area (Å²) in [5.41, 5.74) is 1.64. The van der Waals surface area contributed by atoms with Crippen molar-refractivity contribution in [3.8, 4) is 5.75 Å². The monoisotopic (exact) mass is 452 g/mol. The van der Waals surface area contributed by atoms with Crippen molar-refractivity contribution in [1.82, 2.24) is 4.90 Å². The van der Waals surface area contributed by atoms with Gasteiger partial charge < -0.3 is 9.64 Å². The number of likely N-dealkylation sites (tertiary alicyclic amines) is 1. The minimum atomic E-state index is -0.122. The number of nitrogens with zero attached hydrogens (tertiary/aromatic N) is 2. The van der Waals surface area contributed by atoms with Gasteiger partial charge in [0.25, 0.3) is 11.8 Å². The van der Waals surface area contributed by atoms with Crippen molar-refractivity contribution in [2.45, 2.75) is 19.8 Å². The molecule has 0 unspecified atom stereocenters. The zero-order valence-electron chi connectivity index (χ0n) is 17.3. The van der Waals surface area contributed by atoms with Crippen LogP contribution in [0.2, 0.25) is 0 Å². The lowest BCUT2D eigenvalue weighted by molar-refractivity contribution is -0.134. The van der Waals surface area contributed by atoms with Gasteiger partial charge in [-0.15, -0.1) is 0 Å². The summed E-state index contributed by atoms with van der Waals surface area (Å²) in [6, 6.07) is 16.8. The molecule has 160 valence electrons. The summed E-state index contributed by atoms with van der Waals surface area (Å²) in [4.78, 5) is 29.2. The number of rotatable bonds is 5. The van der Waals surface area contributed by atoms with Crippen LogP contribution in [-0.4, -0.2) is 40.7 Å². The fourth-order valence-electron chi connectivity index (χ4n) is 3.57. The maximum Gasteiger partial charge on any atom is 0.270 e. The van der Waals surface area contributed by atoms with E-state index in [1.807, 2.05) is 65.6 Å². The smallest absolute Gasteiger partial charge is 0.270 e. The van der Waals surface area contributed by atoms with Gasteiger partial charge in [-0.05, 0) is 54.7 Å². The molecule has 5 nitrogen and oxygen atoms in total. The third-order valence-corrected chi connectivity index (χ3v) is 6.79. The molecule has 4 rings (SSSR count). The van der Waals surface area contributed by atoms with Gasteiger partial charge in [-0.3, -0.25) is 14.5 Å². The zero-order chi connectivity index (χ0) is 21.8. The van der Waals surface area contributed by atoms with Crippen LogP contribution in [0, 0.1) is 5.92 Å². The molecule has 0 saturated carbocycles. The summed E-state index contributed by atoms with van der Waals surface area (Å²) in [6.07, 6.45) is 3.93. The van der Waals surface area contributed by atoms with Crippen molar-refractivity contribution in [3.63, 3.8) is 0 Å². The first-order valence-corrected chi connectivity index (χ1v) is 11.6. The predicted molar refractivity (Wildman–Crippen MR) is 129 cm³/mol. The molecule has 31 heavy (non-hydrogen) atoms. The summed E-state index contributed by atoms with van der Waals surface area (Å²) < 4.78 is 6.19. The molecule has 2 aromatic carbocycles. The molecule has 0 bridgehead atoms. The van der Waals surface area contributed by atoms with Crippen LogP contribution >= 0.6 is 24.0 Å². The van der Waals surface area contributed by atoms with Crippen LogP contribution < -0.4 is 9.64 Å². The van der Waals surface area contributed by atoms with Gasteiger partial charge in [-0.2, -0.15) is 0 Å². The standard InChI is InChI=1S/C24H24N2O3S2/c1-17-11-13-25(14-12-17)22(27)16-29-20-9-7-18(8-10-20)15-21-23(28)26(24(30)31-21)19-5-3-2-4-6-19/h2-10,15,17H,11-14,16H2,1H3/b21-15-. The number of thioether (sulfide) groups is 1. The van der Waals surface area contributed by atoms with Crippen molar-refractivity contribution in [3.05, 3.63) is 65.1 Å². The topological polar surface area (TPSA) is 49.9 Å².